The molecule has 0 spiro atoms. The molecule has 1 heterocycles. The van der Waals surface area contributed by atoms with Crippen molar-refractivity contribution in [2.45, 2.75) is 5.88 Å². The average molecular weight is 370 g/mol. The van der Waals surface area contributed by atoms with Crippen LogP contribution < -0.4 is 5.32 Å². The van der Waals surface area contributed by atoms with E-state index in [9.17, 15) is 0 Å². The lowest BCUT2D eigenvalue weighted by Gasteiger charge is -2.03. The monoisotopic (exact) mass is 369 g/mol. The summed E-state index contributed by atoms with van der Waals surface area (Å²) < 4.78 is 6.19. The summed E-state index contributed by atoms with van der Waals surface area (Å²) in [5, 5.41) is 11.2. The number of alkyl halides is 1. The Balaban J connectivity index is 2.20. The van der Waals surface area contributed by atoms with E-state index in [4.69, 9.17) is 27.6 Å². The Labute approximate surface area is 115 Å². The highest BCUT2D eigenvalue weighted by Gasteiger charge is 2.07. The van der Waals surface area contributed by atoms with E-state index in [1.54, 1.807) is 6.07 Å². The number of anilines is 2. The van der Waals surface area contributed by atoms with E-state index in [0.29, 0.717) is 16.9 Å². The van der Waals surface area contributed by atoms with Gasteiger partial charge in [0.15, 0.2) is 0 Å². The van der Waals surface area contributed by atoms with Crippen molar-refractivity contribution in [2.24, 2.45) is 0 Å². The third-order valence-electron chi connectivity index (χ3n) is 1.75. The van der Waals surface area contributed by atoms with Gasteiger partial charge in [0.05, 0.1) is 5.69 Å². The molecule has 7 heteroatoms. The molecule has 1 N–H and O–H groups in total. The van der Waals surface area contributed by atoms with Crippen LogP contribution in [0.1, 0.15) is 5.89 Å². The number of halogens is 3. The van der Waals surface area contributed by atoms with Crippen LogP contribution >= 0.6 is 45.8 Å². The Morgan fingerprint density at radius 1 is 1.38 bits per heavy atom. The fraction of sp³-hybridized carbons (Fsp3) is 0.111. The molecule has 1 aromatic carbocycles. The summed E-state index contributed by atoms with van der Waals surface area (Å²) >= 11 is 13.6. The van der Waals surface area contributed by atoms with Gasteiger partial charge in [-0.05, 0) is 40.8 Å². The van der Waals surface area contributed by atoms with Gasteiger partial charge in [0, 0.05) is 8.59 Å². The van der Waals surface area contributed by atoms with Crippen molar-refractivity contribution in [3.05, 3.63) is 32.7 Å². The second-order valence-corrected chi connectivity index (χ2v) is 4.75. The quantitative estimate of drug-likeness (QED) is 0.660. The lowest BCUT2D eigenvalue weighted by molar-refractivity contribution is 0.530. The highest BCUT2D eigenvalue weighted by molar-refractivity contribution is 14.1. The summed E-state index contributed by atoms with van der Waals surface area (Å²) in [6.45, 7) is 0. The Hall–Kier alpha value is -0.530. The molecule has 4 nitrogen and oxygen atoms in total. The molecule has 0 radical (unpaired) electrons. The molecule has 16 heavy (non-hydrogen) atoms. The smallest absolute Gasteiger partial charge is 0.320 e. The minimum absolute atomic E-state index is 0.201. The van der Waals surface area contributed by atoms with Crippen molar-refractivity contribution in [3.63, 3.8) is 0 Å². The topological polar surface area (TPSA) is 51.0 Å². The fourth-order valence-electron chi connectivity index (χ4n) is 1.06. The Bertz CT molecular complexity index is 503. The predicted molar refractivity (Wildman–Crippen MR) is 71.3 cm³/mol. The average Bonchev–Trinajstić information content (AvgIpc) is 2.70. The van der Waals surface area contributed by atoms with Crippen LogP contribution in [0, 0.1) is 3.57 Å². The van der Waals surface area contributed by atoms with Crippen LogP contribution in [0.3, 0.4) is 0 Å². The van der Waals surface area contributed by atoms with Gasteiger partial charge in [0.25, 0.3) is 0 Å². The van der Waals surface area contributed by atoms with Gasteiger partial charge in [-0.2, -0.15) is 0 Å². The van der Waals surface area contributed by atoms with Crippen molar-refractivity contribution in [1.29, 1.82) is 0 Å². The van der Waals surface area contributed by atoms with Gasteiger partial charge >= 0.3 is 6.01 Å². The SMILES string of the molecule is ClCc1nnc(Nc2ccc(Cl)cc2I)o1. The fourth-order valence-corrected chi connectivity index (χ4v) is 2.18. The van der Waals surface area contributed by atoms with E-state index in [2.05, 4.69) is 38.1 Å². The van der Waals surface area contributed by atoms with E-state index < -0.39 is 0 Å². The summed E-state index contributed by atoms with van der Waals surface area (Å²) in [4.78, 5) is 0. The number of nitrogens with one attached hydrogen (secondary N) is 1. The van der Waals surface area contributed by atoms with Gasteiger partial charge < -0.3 is 9.73 Å². The maximum absolute atomic E-state index is 5.85. The molecule has 0 amide bonds. The molecule has 2 rings (SSSR count). The van der Waals surface area contributed by atoms with Crippen LogP contribution in [0.5, 0.6) is 0 Å². The first-order valence-corrected chi connectivity index (χ1v) is 6.28. The maximum atomic E-state index is 5.85. The lowest BCUT2D eigenvalue weighted by atomic mass is 10.3. The van der Waals surface area contributed by atoms with Gasteiger partial charge in [-0.3, -0.25) is 0 Å². The summed E-state index contributed by atoms with van der Waals surface area (Å²) in [5.41, 5.74) is 0.856. The van der Waals surface area contributed by atoms with E-state index in [-0.39, 0.29) is 5.88 Å². The molecule has 0 aliphatic carbocycles. The van der Waals surface area contributed by atoms with Crippen LogP contribution in [-0.2, 0) is 5.88 Å². The number of benzene rings is 1. The first-order chi connectivity index (χ1) is 7.69. The second kappa shape index (κ2) is 5.20. The van der Waals surface area contributed by atoms with E-state index in [1.807, 2.05) is 12.1 Å². The van der Waals surface area contributed by atoms with E-state index >= 15 is 0 Å². The summed E-state index contributed by atoms with van der Waals surface area (Å²) in [5.74, 6) is 0.583. The van der Waals surface area contributed by atoms with Crippen LogP contribution in [0.2, 0.25) is 5.02 Å². The Morgan fingerprint density at radius 3 is 2.81 bits per heavy atom. The zero-order chi connectivity index (χ0) is 11.5. The van der Waals surface area contributed by atoms with Crippen molar-refractivity contribution >= 4 is 57.5 Å². The van der Waals surface area contributed by atoms with Gasteiger partial charge in [0.1, 0.15) is 5.88 Å². The van der Waals surface area contributed by atoms with Gasteiger partial charge in [-0.15, -0.1) is 16.7 Å². The summed E-state index contributed by atoms with van der Waals surface area (Å²) in [6, 6.07) is 5.78. The largest absolute Gasteiger partial charge is 0.407 e. The molecule has 0 aliphatic heterocycles. The number of nitrogens with zero attached hydrogens (tertiary/aromatic N) is 2. The van der Waals surface area contributed by atoms with Crippen molar-refractivity contribution < 1.29 is 4.42 Å². The van der Waals surface area contributed by atoms with E-state index in [1.165, 1.54) is 0 Å². The molecule has 0 aliphatic rings. The molecular weight excluding hydrogens is 364 g/mol. The van der Waals surface area contributed by atoms with Crippen molar-refractivity contribution in [3.8, 4) is 0 Å². The van der Waals surface area contributed by atoms with Crippen molar-refractivity contribution in [2.75, 3.05) is 5.32 Å². The molecule has 0 unspecified atom stereocenters. The number of hydrogen-bond donors (Lipinski definition) is 1. The zero-order valence-electron chi connectivity index (χ0n) is 7.88. The minimum atomic E-state index is 0.201. The number of rotatable bonds is 3. The molecule has 84 valence electrons. The van der Waals surface area contributed by atoms with Crippen LogP contribution in [-0.4, -0.2) is 10.2 Å². The number of aromatic nitrogens is 2. The summed E-state index contributed by atoms with van der Waals surface area (Å²) in [6.07, 6.45) is 0. The molecule has 1 aromatic heterocycles. The first-order valence-electron chi connectivity index (χ1n) is 4.29. The van der Waals surface area contributed by atoms with Crippen LogP contribution in [0.25, 0.3) is 0 Å². The molecule has 0 atom stereocenters. The molecule has 0 saturated heterocycles. The highest BCUT2D eigenvalue weighted by atomic mass is 127. The number of hydrogen-bond acceptors (Lipinski definition) is 4. The third-order valence-corrected chi connectivity index (χ3v) is 3.11. The Morgan fingerprint density at radius 2 is 2.19 bits per heavy atom. The summed E-state index contributed by atoms with van der Waals surface area (Å²) in [7, 11) is 0. The maximum Gasteiger partial charge on any atom is 0.320 e. The molecule has 0 fully saturated rings. The van der Waals surface area contributed by atoms with E-state index in [0.717, 1.165) is 9.26 Å². The molecular formula is C9H6Cl2IN3O. The third kappa shape index (κ3) is 2.78. The standard InChI is InChI=1S/C9H6Cl2IN3O/c10-4-8-14-15-9(16-8)13-7-2-1-5(11)3-6(7)12/h1-3H,4H2,(H,13,15). The van der Waals surface area contributed by atoms with Crippen LogP contribution in [0.4, 0.5) is 11.7 Å². The van der Waals surface area contributed by atoms with Crippen molar-refractivity contribution in [1.82, 2.24) is 10.2 Å². The van der Waals surface area contributed by atoms with Crippen LogP contribution in [0.15, 0.2) is 22.6 Å². The molecule has 0 saturated carbocycles. The zero-order valence-corrected chi connectivity index (χ0v) is 11.5. The highest BCUT2D eigenvalue weighted by Crippen LogP contribution is 2.25. The molecule has 0 bridgehead atoms. The Kier molecular flexibility index (Phi) is 3.88. The second-order valence-electron chi connectivity index (χ2n) is 2.88. The lowest BCUT2D eigenvalue weighted by Crippen LogP contribution is -1.92. The molecule has 2 aromatic rings. The predicted octanol–water partition coefficient (Wildman–Crippen LogP) is 3.81. The van der Waals surface area contributed by atoms with Gasteiger partial charge in [-0.1, -0.05) is 16.7 Å². The minimum Gasteiger partial charge on any atom is -0.407 e. The van der Waals surface area contributed by atoms with Gasteiger partial charge in [0.2, 0.25) is 5.89 Å². The normalized spacial score (nSPS) is 10.4. The first kappa shape index (κ1) is 11.9. The van der Waals surface area contributed by atoms with Gasteiger partial charge in [-0.25, -0.2) is 0 Å².